The standard InChI is InChI=1S/C22H21ClN4O2S2/c1-14(2)12-27-21(29)16-11-15(23)7-8-17(16)26-22(27)31-13-20(28)25-18-5-3-4-6-19(18)30-10-9-24/h3-8,11,14H,10,12-13H2,1-2H3,(H,25,28). The fraction of sp³-hybridized carbons (Fsp3) is 0.273. The fourth-order valence-corrected chi connectivity index (χ4v) is 4.58. The van der Waals surface area contributed by atoms with Gasteiger partial charge in [0.1, 0.15) is 0 Å². The molecule has 0 aliphatic rings. The van der Waals surface area contributed by atoms with Crippen molar-refractivity contribution in [3.05, 3.63) is 57.8 Å². The van der Waals surface area contributed by atoms with Gasteiger partial charge in [-0.25, -0.2) is 4.98 Å². The molecule has 0 saturated heterocycles. The van der Waals surface area contributed by atoms with Crippen molar-refractivity contribution in [1.29, 1.82) is 5.26 Å². The number of fused-ring (bicyclic) bond motifs is 1. The van der Waals surface area contributed by atoms with Crippen molar-refractivity contribution in [2.45, 2.75) is 30.4 Å². The highest BCUT2D eigenvalue weighted by molar-refractivity contribution is 8.00. The molecule has 1 amide bonds. The number of benzene rings is 2. The van der Waals surface area contributed by atoms with Crippen LogP contribution < -0.4 is 10.9 Å². The molecule has 0 aliphatic heterocycles. The predicted molar refractivity (Wildman–Crippen MR) is 128 cm³/mol. The Labute approximate surface area is 194 Å². The van der Waals surface area contributed by atoms with Gasteiger partial charge in [0.15, 0.2) is 5.16 Å². The topological polar surface area (TPSA) is 87.8 Å². The summed E-state index contributed by atoms with van der Waals surface area (Å²) in [6.45, 7) is 4.53. The number of thioether (sulfide) groups is 2. The van der Waals surface area contributed by atoms with Crippen molar-refractivity contribution in [3.8, 4) is 6.07 Å². The summed E-state index contributed by atoms with van der Waals surface area (Å²) in [5.41, 5.74) is 1.05. The number of nitrogens with zero attached hydrogens (tertiary/aromatic N) is 3. The molecule has 31 heavy (non-hydrogen) atoms. The first kappa shape index (κ1) is 23.2. The normalized spacial score (nSPS) is 10.9. The highest BCUT2D eigenvalue weighted by Gasteiger charge is 2.15. The zero-order chi connectivity index (χ0) is 22.4. The van der Waals surface area contributed by atoms with Crippen LogP contribution in [0.3, 0.4) is 0 Å². The molecule has 0 aliphatic carbocycles. The number of para-hydroxylation sites is 1. The van der Waals surface area contributed by atoms with Gasteiger partial charge in [-0.05, 0) is 36.2 Å². The fourth-order valence-electron chi connectivity index (χ4n) is 2.93. The molecule has 1 heterocycles. The Morgan fingerprint density at radius 2 is 2.03 bits per heavy atom. The minimum Gasteiger partial charge on any atom is -0.324 e. The van der Waals surface area contributed by atoms with E-state index < -0.39 is 0 Å². The summed E-state index contributed by atoms with van der Waals surface area (Å²) in [7, 11) is 0. The number of anilines is 1. The molecule has 3 rings (SSSR count). The van der Waals surface area contributed by atoms with E-state index in [0.717, 1.165) is 4.90 Å². The van der Waals surface area contributed by atoms with Gasteiger partial charge in [-0.3, -0.25) is 14.2 Å². The smallest absolute Gasteiger partial charge is 0.262 e. The minimum atomic E-state index is -0.212. The van der Waals surface area contributed by atoms with E-state index in [9.17, 15) is 9.59 Å². The van der Waals surface area contributed by atoms with Crippen LogP contribution >= 0.6 is 35.1 Å². The molecule has 1 N–H and O–H groups in total. The number of nitrogens with one attached hydrogen (secondary N) is 1. The third kappa shape index (κ3) is 6.03. The number of amides is 1. The summed E-state index contributed by atoms with van der Waals surface area (Å²) >= 11 is 8.65. The second-order valence-corrected chi connectivity index (χ2v) is 9.54. The predicted octanol–water partition coefficient (Wildman–Crippen LogP) is 5.05. The lowest BCUT2D eigenvalue weighted by Gasteiger charge is -2.15. The number of hydrogen-bond donors (Lipinski definition) is 1. The molecule has 0 saturated carbocycles. The van der Waals surface area contributed by atoms with Crippen molar-refractivity contribution in [3.63, 3.8) is 0 Å². The van der Waals surface area contributed by atoms with Crippen molar-refractivity contribution in [2.24, 2.45) is 5.92 Å². The van der Waals surface area contributed by atoms with E-state index in [1.807, 2.05) is 32.0 Å². The second-order valence-electron chi connectivity index (χ2n) is 7.15. The number of carbonyl (C=O) groups is 1. The average Bonchev–Trinajstić information content (AvgIpc) is 2.74. The molecule has 0 spiro atoms. The van der Waals surface area contributed by atoms with Gasteiger partial charge in [0.2, 0.25) is 5.91 Å². The van der Waals surface area contributed by atoms with Gasteiger partial charge in [-0.15, -0.1) is 11.8 Å². The van der Waals surface area contributed by atoms with Crippen molar-refractivity contribution in [1.82, 2.24) is 9.55 Å². The highest BCUT2D eigenvalue weighted by Crippen LogP contribution is 2.27. The van der Waals surface area contributed by atoms with E-state index in [-0.39, 0.29) is 23.1 Å². The van der Waals surface area contributed by atoms with Crippen LogP contribution in [0.2, 0.25) is 5.02 Å². The Kier molecular flexibility index (Phi) is 8.02. The first-order chi connectivity index (χ1) is 14.9. The van der Waals surface area contributed by atoms with Crippen molar-refractivity contribution < 1.29 is 4.79 Å². The number of nitriles is 1. The van der Waals surface area contributed by atoms with E-state index in [0.29, 0.717) is 39.1 Å². The summed E-state index contributed by atoms with van der Waals surface area (Å²) < 4.78 is 1.61. The first-order valence-electron chi connectivity index (χ1n) is 9.60. The zero-order valence-corrected chi connectivity index (χ0v) is 19.5. The van der Waals surface area contributed by atoms with Crippen LogP contribution in [0.15, 0.2) is 57.3 Å². The van der Waals surface area contributed by atoms with Gasteiger partial charge in [0.05, 0.1) is 34.2 Å². The van der Waals surface area contributed by atoms with Crippen LogP contribution in [0.25, 0.3) is 10.9 Å². The number of aromatic nitrogens is 2. The molecule has 2 aromatic carbocycles. The Morgan fingerprint density at radius 1 is 1.26 bits per heavy atom. The zero-order valence-electron chi connectivity index (χ0n) is 17.1. The van der Waals surface area contributed by atoms with Gasteiger partial charge in [-0.2, -0.15) is 5.26 Å². The van der Waals surface area contributed by atoms with Crippen LogP contribution in [0.1, 0.15) is 13.8 Å². The second kappa shape index (κ2) is 10.7. The van der Waals surface area contributed by atoms with Gasteiger partial charge in [0.25, 0.3) is 5.56 Å². The lowest BCUT2D eigenvalue weighted by Crippen LogP contribution is -2.26. The summed E-state index contributed by atoms with van der Waals surface area (Å²) in [5.74, 6) is 0.416. The summed E-state index contributed by atoms with van der Waals surface area (Å²) in [6.07, 6.45) is 0. The molecular formula is C22H21ClN4O2S2. The van der Waals surface area contributed by atoms with Crippen molar-refractivity contribution >= 4 is 57.6 Å². The molecule has 9 heteroatoms. The summed E-state index contributed by atoms with van der Waals surface area (Å²) in [6, 6.07) is 14.5. The van der Waals surface area contributed by atoms with Crippen LogP contribution in [-0.4, -0.2) is 27.0 Å². The van der Waals surface area contributed by atoms with E-state index in [4.69, 9.17) is 16.9 Å². The van der Waals surface area contributed by atoms with E-state index >= 15 is 0 Å². The lowest BCUT2D eigenvalue weighted by molar-refractivity contribution is -0.113. The number of hydrogen-bond acceptors (Lipinski definition) is 6. The monoisotopic (exact) mass is 472 g/mol. The van der Waals surface area contributed by atoms with Gasteiger partial charge >= 0.3 is 0 Å². The minimum absolute atomic E-state index is 0.0981. The summed E-state index contributed by atoms with van der Waals surface area (Å²) in [4.78, 5) is 31.1. The first-order valence-corrected chi connectivity index (χ1v) is 12.0. The molecule has 0 bridgehead atoms. The third-order valence-corrected chi connectivity index (χ3v) is 6.37. The molecule has 6 nitrogen and oxygen atoms in total. The third-order valence-electron chi connectivity index (χ3n) is 4.21. The largest absolute Gasteiger partial charge is 0.324 e. The van der Waals surface area contributed by atoms with Gasteiger partial charge in [0, 0.05) is 16.5 Å². The van der Waals surface area contributed by atoms with Crippen LogP contribution in [-0.2, 0) is 11.3 Å². The Bertz CT molecular complexity index is 1200. The molecule has 0 radical (unpaired) electrons. The van der Waals surface area contributed by atoms with E-state index in [2.05, 4.69) is 16.4 Å². The maximum atomic E-state index is 13.0. The van der Waals surface area contributed by atoms with E-state index in [1.165, 1.54) is 23.5 Å². The Balaban J connectivity index is 1.82. The van der Waals surface area contributed by atoms with Crippen molar-refractivity contribution in [2.75, 3.05) is 16.8 Å². The molecule has 0 atom stereocenters. The Morgan fingerprint density at radius 3 is 2.77 bits per heavy atom. The molecular weight excluding hydrogens is 452 g/mol. The Hall–Kier alpha value is -2.47. The van der Waals surface area contributed by atoms with Crippen LogP contribution in [0.5, 0.6) is 0 Å². The molecule has 1 aromatic heterocycles. The number of halogens is 1. The number of rotatable bonds is 8. The maximum Gasteiger partial charge on any atom is 0.262 e. The maximum absolute atomic E-state index is 13.0. The van der Waals surface area contributed by atoms with Gasteiger partial charge < -0.3 is 5.32 Å². The molecule has 3 aromatic rings. The SMILES string of the molecule is CC(C)Cn1c(SCC(=O)Nc2ccccc2SCC#N)nc2ccc(Cl)cc2c1=O. The van der Waals surface area contributed by atoms with E-state index in [1.54, 1.807) is 28.8 Å². The highest BCUT2D eigenvalue weighted by atomic mass is 35.5. The molecule has 160 valence electrons. The van der Waals surface area contributed by atoms with Crippen LogP contribution in [0, 0.1) is 17.2 Å². The lowest BCUT2D eigenvalue weighted by atomic mass is 10.2. The molecule has 0 fully saturated rings. The average molecular weight is 473 g/mol. The number of carbonyl (C=O) groups excluding carboxylic acids is 1. The quantitative estimate of drug-likeness (QED) is 0.364. The van der Waals surface area contributed by atoms with Gasteiger partial charge in [-0.1, -0.05) is 49.3 Å². The van der Waals surface area contributed by atoms with Crippen LogP contribution in [0.4, 0.5) is 5.69 Å². The summed E-state index contributed by atoms with van der Waals surface area (Å²) in [5, 5.41) is 13.1. The molecule has 0 unspecified atom stereocenters.